The highest BCUT2D eigenvalue weighted by atomic mass is 19.3. The second-order valence-corrected chi connectivity index (χ2v) is 1.71. The Bertz CT molecular complexity index is 99.8. The van der Waals surface area contributed by atoms with Gasteiger partial charge in [0.1, 0.15) is 6.61 Å². The topological polar surface area (TPSA) is 40.1 Å². The Labute approximate surface area is 54.1 Å². The van der Waals surface area contributed by atoms with E-state index >= 15 is 0 Å². The summed E-state index contributed by atoms with van der Waals surface area (Å²) in [6.07, 6.45) is 0. The van der Waals surface area contributed by atoms with Crippen molar-refractivity contribution >= 4 is 0 Å². The summed E-state index contributed by atoms with van der Waals surface area (Å²) in [5, 5.41) is 17.1. The van der Waals surface area contributed by atoms with Gasteiger partial charge in [-0.05, 0) is 0 Å². The Morgan fingerprint density at radius 3 is 1.60 bits per heavy atom. The predicted octanol–water partition coefficient (Wildman–Crippen LogP) is 0.680. The fraction of sp³-hybridized carbons (Fsp3) is 1.00. The molecular weight excluding hydrogens is 156 g/mol. The fourth-order valence-electron chi connectivity index (χ4n) is 0.221. The zero-order valence-corrected chi connectivity index (χ0v) is 4.78. The maximum Gasteiger partial charge on any atom is 0.338 e. The molecule has 0 rings (SSSR count). The second-order valence-electron chi connectivity index (χ2n) is 1.71. The van der Waals surface area contributed by atoms with Crippen LogP contribution in [0.15, 0.2) is 0 Å². The predicted molar refractivity (Wildman–Crippen MR) is 22.5 cm³/mol. The number of halogens is 4. The minimum absolute atomic E-state index is 2.01. The van der Waals surface area contributed by atoms with Crippen molar-refractivity contribution < 1.29 is 27.8 Å². The van der Waals surface area contributed by atoms with E-state index < -0.39 is 25.1 Å². The molecule has 1 N–H and O–H groups in total. The molecule has 0 amide bonds. The van der Waals surface area contributed by atoms with Gasteiger partial charge in [0, 0.05) is 0 Å². The van der Waals surface area contributed by atoms with Crippen molar-refractivity contribution in [3.05, 3.63) is 0 Å². The van der Waals surface area contributed by atoms with Gasteiger partial charge in [-0.15, -0.1) is 0 Å². The molecule has 0 aromatic carbocycles. The highest BCUT2D eigenvalue weighted by Gasteiger charge is 2.55. The van der Waals surface area contributed by atoms with Crippen LogP contribution >= 0.6 is 0 Å². The van der Waals surface area contributed by atoms with Crippen LogP contribution in [0, 0.1) is 0 Å². The van der Waals surface area contributed by atoms with Gasteiger partial charge in [-0.3, -0.25) is 0 Å². The molecule has 10 heavy (non-hydrogen) atoms. The van der Waals surface area contributed by atoms with Gasteiger partial charge in [-0.25, -0.2) is 5.11 Å². The first-order valence-electron chi connectivity index (χ1n) is 2.32. The molecule has 0 aliphatic rings. The highest BCUT2D eigenvalue weighted by Crippen LogP contribution is 2.32. The summed E-state index contributed by atoms with van der Waals surface area (Å²) in [7, 11) is 0. The van der Waals surface area contributed by atoms with E-state index in [4.69, 9.17) is 5.11 Å². The Morgan fingerprint density at radius 2 is 1.50 bits per heavy atom. The fourth-order valence-corrected chi connectivity index (χ4v) is 0.221. The molecular formula is C4H5F4O2. The van der Waals surface area contributed by atoms with Crippen molar-refractivity contribution in [3.8, 4) is 0 Å². The number of hydrogen-bond donors (Lipinski definition) is 1. The zero-order chi connectivity index (χ0) is 8.41. The second kappa shape index (κ2) is 2.71. The van der Waals surface area contributed by atoms with Crippen molar-refractivity contribution in [2.24, 2.45) is 0 Å². The van der Waals surface area contributed by atoms with Gasteiger partial charge in [-0.1, -0.05) is 0 Å². The average molecular weight is 161 g/mol. The average Bonchev–Trinajstić information content (AvgIpc) is 1.88. The lowest BCUT2D eigenvalue weighted by Crippen LogP contribution is -2.45. The molecule has 0 aliphatic carbocycles. The van der Waals surface area contributed by atoms with Crippen LogP contribution in [0.1, 0.15) is 0 Å². The summed E-state index contributed by atoms with van der Waals surface area (Å²) in [6, 6.07) is 0. The lowest BCUT2D eigenvalue weighted by Gasteiger charge is -2.21. The summed E-state index contributed by atoms with van der Waals surface area (Å²) in [6.45, 7) is -4.23. The van der Waals surface area contributed by atoms with Gasteiger partial charge < -0.3 is 5.11 Å². The van der Waals surface area contributed by atoms with Crippen molar-refractivity contribution in [1.29, 1.82) is 0 Å². The molecule has 0 spiro atoms. The lowest BCUT2D eigenvalue weighted by molar-refractivity contribution is -0.246. The number of aliphatic hydroxyl groups is 1. The van der Waals surface area contributed by atoms with Crippen molar-refractivity contribution in [2.45, 2.75) is 11.8 Å². The minimum atomic E-state index is -4.65. The Balaban J connectivity index is 4.28. The maximum absolute atomic E-state index is 11.7. The summed E-state index contributed by atoms with van der Waals surface area (Å²) < 4.78 is 46.9. The van der Waals surface area contributed by atoms with E-state index in [0.29, 0.717) is 0 Å². The van der Waals surface area contributed by atoms with E-state index in [2.05, 4.69) is 0 Å². The summed E-state index contributed by atoms with van der Waals surface area (Å²) in [5.41, 5.74) is 0. The van der Waals surface area contributed by atoms with Crippen molar-refractivity contribution in [1.82, 2.24) is 0 Å². The number of alkyl halides is 4. The van der Waals surface area contributed by atoms with Gasteiger partial charge in [0.05, 0.1) is 0 Å². The number of aliphatic hydroxyl groups excluding tert-OH is 1. The Hall–Kier alpha value is -0.360. The van der Waals surface area contributed by atoms with Crippen LogP contribution in [-0.2, 0) is 5.11 Å². The zero-order valence-electron chi connectivity index (χ0n) is 4.78. The van der Waals surface area contributed by atoms with Gasteiger partial charge >= 0.3 is 11.8 Å². The minimum Gasteiger partial charge on any atom is -0.390 e. The largest absolute Gasteiger partial charge is 0.390 e. The van der Waals surface area contributed by atoms with Crippen LogP contribution in [-0.4, -0.2) is 30.2 Å². The summed E-state index contributed by atoms with van der Waals surface area (Å²) in [5.74, 6) is -9.25. The first-order valence-corrected chi connectivity index (χ1v) is 2.32. The van der Waals surface area contributed by atoms with Crippen LogP contribution in [0.3, 0.4) is 0 Å². The van der Waals surface area contributed by atoms with E-state index in [1.165, 1.54) is 0 Å². The third kappa shape index (κ3) is 1.57. The van der Waals surface area contributed by atoms with Crippen molar-refractivity contribution in [3.63, 3.8) is 0 Å². The normalized spacial score (nSPS) is 13.8. The maximum atomic E-state index is 11.7. The molecule has 61 valence electrons. The molecule has 0 atom stereocenters. The molecule has 1 radical (unpaired) electrons. The first kappa shape index (κ1) is 9.64. The van der Waals surface area contributed by atoms with Crippen LogP contribution in [0.2, 0.25) is 0 Å². The van der Waals surface area contributed by atoms with Gasteiger partial charge in [0.2, 0.25) is 0 Å². The number of hydrogen-bond acceptors (Lipinski definition) is 1. The lowest BCUT2D eigenvalue weighted by atomic mass is 10.2. The molecule has 2 nitrogen and oxygen atoms in total. The molecule has 0 saturated heterocycles. The van der Waals surface area contributed by atoms with Crippen LogP contribution in [0.4, 0.5) is 17.6 Å². The highest BCUT2D eigenvalue weighted by molar-refractivity contribution is 4.82. The summed E-state index contributed by atoms with van der Waals surface area (Å²) in [4.78, 5) is 0. The Kier molecular flexibility index (Phi) is 2.61. The summed E-state index contributed by atoms with van der Waals surface area (Å²) >= 11 is 0. The van der Waals surface area contributed by atoms with Crippen LogP contribution < -0.4 is 0 Å². The standard InChI is InChI=1S/C4H5F4O2/c5-3(6,1-9)4(7,8)2-10/h9H,1-2H2. The van der Waals surface area contributed by atoms with Crippen LogP contribution in [0.5, 0.6) is 0 Å². The first-order chi connectivity index (χ1) is 4.37. The molecule has 0 heterocycles. The van der Waals surface area contributed by atoms with E-state index in [9.17, 15) is 22.7 Å². The van der Waals surface area contributed by atoms with Crippen molar-refractivity contribution in [2.75, 3.05) is 13.2 Å². The Morgan fingerprint density at radius 1 is 1.10 bits per heavy atom. The molecule has 0 aromatic heterocycles. The van der Waals surface area contributed by atoms with Gasteiger partial charge in [0.15, 0.2) is 6.61 Å². The molecule has 6 heteroatoms. The van der Waals surface area contributed by atoms with E-state index in [1.54, 1.807) is 0 Å². The third-order valence-electron chi connectivity index (χ3n) is 0.915. The number of rotatable bonds is 3. The van der Waals surface area contributed by atoms with Gasteiger partial charge in [-0.2, -0.15) is 17.6 Å². The van der Waals surface area contributed by atoms with E-state index in [0.717, 1.165) is 0 Å². The van der Waals surface area contributed by atoms with Gasteiger partial charge in [0.25, 0.3) is 0 Å². The molecule has 0 unspecified atom stereocenters. The molecule has 0 saturated carbocycles. The van der Waals surface area contributed by atoms with E-state index in [1.807, 2.05) is 0 Å². The smallest absolute Gasteiger partial charge is 0.338 e. The van der Waals surface area contributed by atoms with Crippen LogP contribution in [0.25, 0.3) is 0 Å². The molecule has 0 aromatic rings. The quantitative estimate of drug-likeness (QED) is 0.607. The molecule has 0 fully saturated rings. The van der Waals surface area contributed by atoms with E-state index in [-0.39, 0.29) is 0 Å². The SMILES string of the molecule is [O]CC(F)(F)C(F)(F)CO. The monoisotopic (exact) mass is 161 g/mol. The molecule has 0 bridgehead atoms. The third-order valence-corrected chi connectivity index (χ3v) is 0.915. The molecule has 0 aliphatic heterocycles.